The molecule has 0 atom stereocenters. The number of oxazole rings is 1. The molecule has 0 spiro atoms. The van der Waals surface area contributed by atoms with Gasteiger partial charge in [0.2, 0.25) is 5.89 Å². The van der Waals surface area contributed by atoms with Crippen molar-refractivity contribution in [1.29, 1.82) is 0 Å². The van der Waals surface area contributed by atoms with Crippen LogP contribution in [0.25, 0.3) is 23.3 Å². The lowest BCUT2D eigenvalue weighted by molar-refractivity contribution is 0.589. The monoisotopic (exact) mass is 248 g/mol. The molecular formula is C16H12N2O. The molecule has 0 amide bonds. The van der Waals surface area contributed by atoms with Gasteiger partial charge in [0.05, 0.1) is 0 Å². The van der Waals surface area contributed by atoms with Gasteiger partial charge in [-0.1, -0.05) is 36.4 Å². The number of para-hydroxylation sites is 2. The zero-order chi connectivity index (χ0) is 12.9. The maximum Gasteiger partial charge on any atom is 0.219 e. The molecule has 0 saturated carbocycles. The second-order valence-electron chi connectivity index (χ2n) is 4.02. The molecule has 0 aliphatic carbocycles. The van der Waals surface area contributed by atoms with Crippen molar-refractivity contribution in [1.82, 2.24) is 9.97 Å². The van der Waals surface area contributed by atoms with Crippen molar-refractivity contribution in [2.24, 2.45) is 0 Å². The molecule has 0 aliphatic heterocycles. The number of nitrogens with zero attached hydrogens (tertiary/aromatic N) is 2. The summed E-state index contributed by atoms with van der Waals surface area (Å²) in [5, 5.41) is 0. The predicted octanol–water partition coefficient (Wildman–Crippen LogP) is 3.95. The van der Waals surface area contributed by atoms with Crippen LogP contribution in [-0.4, -0.2) is 9.97 Å². The fourth-order valence-electron chi connectivity index (χ4n) is 1.74. The number of rotatable bonds is 3. The Bertz CT molecular complexity index is 694. The summed E-state index contributed by atoms with van der Waals surface area (Å²) in [5.41, 5.74) is 2.74. The van der Waals surface area contributed by atoms with Crippen LogP contribution in [0.2, 0.25) is 0 Å². The van der Waals surface area contributed by atoms with E-state index in [1.54, 1.807) is 6.20 Å². The van der Waals surface area contributed by atoms with Gasteiger partial charge in [0.25, 0.3) is 0 Å². The third kappa shape index (κ3) is 2.77. The second-order valence-corrected chi connectivity index (χ2v) is 4.02. The summed E-state index contributed by atoms with van der Waals surface area (Å²) >= 11 is 0. The lowest BCUT2D eigenvalue weighted by atomic mass is 10.2. The van der Waals surface area contributed by atoms with E-state index in [1.807, 2.05) is 66.9 Å². The van der Waals surface area contributed by atoms with Crippen LogP contribution in [0.1, 0.15) is 11.5 Å². The first-order chi connectivity index (χ1) is 9.42. The van der Waals surface area contributed by atoms with Crippen molar-refractivity contribution < 1.29 is 4.42 Å². The molecule has 92 valence electrons. The Kier molecular flexibility index (Phi) is 3.19. The standard InChI is InChI=1S/C16H12N2O/c1(6-13-7-5-11-17-12-13)4-10-16-18-14-8-2-3-9-15(14)19-16/h1-12H/b6-1+,10-4+. The first kappa shape index (κ1) is 11.4. The van der Waals surface area contributed by atoms with Gasteiger partial charge >= 0.3 is 0 Å². The third-order valence-electron chi connectivity index (χ3n) is 2.63. The lowest BCUT2D eigenvalue weighted by Gasteiger charge is -1.87. The number of pyridine rings is 1. The van der Waals surface area contributed by atoms with Crippen LogP contribution >= 0.6 is 0 Å². The molecule has 3 aromatic rings. The molecule has 0 unspecified atom stereocenters. The Morgan fingerprint density at radius 2 is 1.84 bits per heavy atom. The summed E-state index contributed by atoms with van der Waals surface area (Å²) in [6.45, 7) is 0. The minimum absolute atomic E-state index is 0.608. The molecule has 0 fully saturated rings. The van der Waals surface area contributed by atoms with E-state index in [9.17, 15) is 0 Å². The zero-order valence-electron chi connectivity index (χ0n) is 10.2. The number of hydrogen-bond donors (Lipinski definition) is 0. The van der Waals surface area contributed by atoms with Crippen LogP contribution in [0.4, 0.5) is 0 Å². The Hall–Kier alpha value is -2.68. The summed E-state index contributed by atoms with van der Waals surface area (Å²) < 4.78 is 5.58. The summed E-state index contributed by atoms with van der Waals surface area (Å²) in [6, 6.07) is 11.6. The van der Waals surface area contributed by atoms with Gasteiger partial charge in [0.1, 0.15) is 5.52 Å². The average Bonchev–Trinajstić information content (AvgIpc) is 2.87. The molecule has 19 heavy (non-hydrogen) atoms. The highest BCUT2D eigenvalue weighted by Crippen LogP contribution is 2.15. The molecule has 0 saturated heterocycles. The maximum atomic E-state index is 5.58. The van der Waals surface area contributed by atoms with Crippen LogP contribution < -0.4 is 0 Å². The molecule has 3 nitrogen and oxygen atoms in total. The van der Waals surface area contributed by atoms with Gasteiger partial charge in [-0.3, -0.25) is 4.98 Å². The van der Waals surface area contributed by atoms with E-state index < -0.39 is 0 Å². The molecular weight excluding hydrogens is 236 g/mol. The second kappa shape index (κ2) is 5.31. The van der Waals surface area contributed by atoms with E-state index in [0.717, 1.165) is 16.7 Å². The fraction of sp³-hybridized carbons (Fsp3) is 0. The topological polar surface area (TPSA) is 38.9 Å². The van der Waals surface area contributed by atoms with Crippen LogP contribution in [0.15, 0.2) is 65.4 Å². The van der Waals surface area contributed by atoms with Crippen LogP contribution in [0.3, 0.4) is 0 Å². The summed E-state index contributed by atoms with van der Waals surface area (Å²) in [6.07, 6.45) is 11.2. The van der Waals surface area contributed by atoms with Gasteiger partial charge < -0.3 is 4.42 Å². The largest absolute Gasteiger partial charge is 0.437 e. The Labute approximate surface area is 110 Å². The average molecular weight is 248 g/mol. The highest BCUT2D eigenvalue weighted by molar-refractivity contribution is 5.73. The Morgan fingerprint density at radius 1 is 0.947 bits per heavy atom. The molecule has 2 heterocycles. The summed E-state index contributed by atoms with van der Waals surface area (Å²) in [4.78, 5) is 8.40. The van der Waals surface area contributed by atoms with Gasteiger partial charge in [-0.2, -0.15) is 0 Å². The molecule has 2 aromatic heterocycles. The summed E-state index contributed by atoms with van der Waals surface area (Å²) in [7, 11) is 0. The first-order valence-electron chi connectivity index (χ1n) is 6.02. The maximum absolute atomic E-state index is 5.58. The lowest BCUT2D eigenvalue weighted by Crippen LogP contribution is -1.72. The number of allylic oxidation sites excluding steroid dienone is 2. The van der Waals surface area contributed by atoms with Crippen LogP contribution in [-0.2, 0) is 0 Å². The number of fused-ring (bicyclic) bond motifs is 1. The van der Waals surface area contributed by atoms with Crippen molar-refractivity contribution in [3.8, 4) is 0 Å². The van der Waals surface area contributed by atoms with Crippen LogP contribution in [0.5, 0.6) is 0 Å². The normalized spacial score (nSPS) is 11.8. The Balaban J connectivity index is 1.74. The van der Waals surface area contributed by atoms with E-state index in [4.69, 9.17) is 4.42 Å². The zero-order valence-corrected chi connectivity index (χ0v) is 10.2. The smallest absolute Gasteiger partial charge is 0.219 e. The highest BCUT2D eigenvalue weighted by Gasteiger charge is 1.99. The van der Waals surface area contributed by atoms with Gasteiger partial charge in [-0.15, -0.1) is 0 Å². The van der Waals surface area contributed by atoms with Crippen molar-refractivity contribution in [2.45, 2.75) is 0 Å². The van der Waals surface area contributed by atoms with E-state index in [-0.39, 0.29) is 0 Å². The van der Waals surface area contributed by atoms with Gasteiger partial charge in [0, 0.05) is 18.5 Å². The summed E-state index contributed by atoms with van der Waals surface area (Å²) in [5.74, 6) is 0.608. The van der Waals surface area contributed by atoms with Crippen molar-refractivity contribution in [3.63, 3.8) is 0 Å². The van der Waals surface area contributed by atoms with Gasteiger partial charge in [-0.25, -0.2) is 4.98 Å². The predicted molar refractivity (Wildman–Crippen MR) is 76.3 cm³/mol. The highest BCUT2D eigenvalue weighted by atomic mass is 16.3. The number of aromatic nitrogens is 2. The van der Waals surface area contributed by atoms with E-state index >= 15 is 0 Å². The first-order valence-corrected chi connectivity index (χ1v) is 6.02. The SMILES string of the molecule is C(/C=C/c1nc2ccccc2o1)=C\c1cccnc1. The Morgan fingerprint density at radius 3 is 2.68 bits per heavy atom. The molecule has 3 rings (SSSR count). The van der Waals surface area contributed by atoms with Crippen molar-refractivity contribution in [2.75, 3.05) is 0 Å². The minimum atomic E-state index is 0.608. The molecule has 0 aliphatic rings. The number of hydrogen-bond acceptors (Lipinski definition) is 3. The molecule has 1 aromatic carbocycles. The minimum Gasteiger partial charge on any atom is -0.437 e. The van der Waals surface area contributed by atoms with E-state index in [1.165, 1.54) is 0 Å². The molecule has 0 N–H and O–H groups in total. The third-order valence-corrected chi connectivity index (χ3v) is 2.63. The fourth-order valence-corrected chi connectivity index (χ4v) is 1.74. The van der Waals surface area contributed by atoms with E-state index in [0.29, 0.717) is 5.89 Å². The molecule has 0 bridgehead atoms. The van der Waals surface area contributed by atoms with Crippen molar-refractivity contribution in [3.05, 3.63) is 72.4 Å². The van der Waals surface area contributed by atoms with Gasteiger partial charge in [0.15, 0.2) is 5.58 Å². The number of benzene rings is 1. The van der Waals surface area contributed by atoms with Gasteiger partial charge in [-0.05, 0) is 23.8 Å². The quantitative estimate of drug-likeness (QED) is 0.659. The molecule has 0 radical (unpaired) electrons. The molecule has 3 heteroatoms. The van der Waals surface area contributed by atoms with Crippen LogP contribution in [0, 0.1) is 0 Å². The van der Waals surface area contributed by atoms with Crippen molar-refractivity contribution >= 4 is 23.3 Å². The van der Waals surface area contributed by atoms with E-state index in [2.05, 4.69) is 9.97 Å².